The van der Waals surface area contributed by atoms with Crippen molar-refractivity contribution >= 4 is 13.8 Å². The van der Waals surface area contributed by atoms with E-state index in [1.807, 2.05) is 21.1 Å². The third kappa shape index (κ3) is 36.2. The summed E-state index contributed by atoms with van der Waals surface area (Å²) in [5.74, 6) is -0.321. The summed E-state index contributed by atoms with van der Waals surface area (Å²) >= 11 is 0. The average Bonchev–Trinajstić information content (AvgIpc) is 1.91. The molecule has 0 rings (SSSR count). The molecule has 0 aliphatic carbocycles. The van der Waals surface area contributed by atoms with Gasteiger partial charge in [-0.1, -0.05) is 6.58 Å². The Labute approximate surface area is 101 Å². The van der Waals surface area contributed by atoms with E-state index in [1.54, 1.807) is 6.92 Å². The zero-order chi connectivity index (χ0) is 15.5. The molecule has 0 aromatic rings. The van der Waals surface area contributed by atoms with Crippen molar-refractivity contribution in [1.82, 2.24) is 0 Å². The summed E-state index contributed by atoms with van der Waals surface area (Å²) in [6.07, 6.45) is 0. The second kappa shape index (κ2) is 4.70. The van der Waals surface area contributed by atoms with Gasteiger partial charge >= 0.3 is 39.0 Å². The van der Waals surface area contributed by atoms with Crippen LogP contribution in [0.15, 0.2) is 12.2 Å². The quantitative estimate of drug-likeness (QED) is 0.195. The van der Waals surface area contributed by atoms with Gasteiger partial charge < -0.3 is 4.74 Å². The van der Waals surface area contributed by atoms with Crippen LogP contribution in [0, 0.1) is 0 Å². The Balaban J connectivity index is 0. The molecule has 10 heteroatoms. The fourth-order valence-corrected chi connectivity index (χ4v) is 0.375. The molecule has 0 N–H and O–H groups in total. The molecule has 18 heavy (non-hydrogen) atoms. The van der Waals surface area contributed by atoms with Crippen LogP contribution in [0.1, 0.15) is 6.92 Å². The molecule has 3 nitrogen and oxygen atoms in total. The third-order valence-electron chi connectivity index (χ3n) is 0.931. The van der Waals surface area contributed by atoms with E-state index < -0.39 is 7.81 Å². The molecule has 112 valence electrons. The summed E-state index contributed by atoms with van der Waals surface area (Å²) in [6.45, 7) is 5.49. The minimum absolute atomic E-state index is 0.321. The Morgan fingerprint density at radius 2 is 1.39 bits per heavy atom. The third-order valence-corrected chi connectivity index (χ3v) is 0.931. The van der Waals surface area contributed by atoms with Gasteiger partial charge in [0.05, 0.1) is 21.1 Å². The van der Waals surface area contributed by atoms with E-state index in [0.29, 0.717) is 16.8 Å². The van der Waals surface area contributed by atoms with Crippen LogP contribution in [0.2, 0.25) is 0 Å². The van der Waals surface area contributed by atoms with Crippen LogP contribution in [-0.4, -0.2) is 38.3 Å². The van der Waals surface area contributed by atoms with Crippen molar-refractivity contribution in [1.29, 1.82) is 0 Å². The Hall–Kier alpha value is -0.820. The van der Waals surface area contributed by atoms with Gasteiger partial charge in [-0.25, -0.2) is 4.79 Å². The molecule has 0 spiro atoms. The number of hydrogen-bond acceptors (Lipinski definition) is 2. The van der Waals surface area contributed by atoms with E-state index in [4.69, 9.17) is 4.74 Å². The van der Waals surface area contributed by atoms with Crippen LogP contribution in [0.3, 0.4) is 0 Å². The number of nitrogens with zero attached hydrogens (tertiary/aromatic N) is 1. The Bertz CT molecular complexity index is 316. The van der Waals surface area contributed by atoms with Gasteiger partial charge in [-0.15, -0.1) is 0 Å². The maximum atomic E-state index is 10.9. The summed E-state index contributed by atoms with van der Waals surface area (Å²) < 4.78 is 64.7. The van der Waals surface area contributed by atoms with Gasteiger partial charge in [0, 0.05) is 5.57 Å². The van der Waals surface area contributed by atoms with Crippen LogP contribution in [-0.2, 0) is 9.53 Å². The number of quaternary nitrogens is 1. The van der Waals surface area contributed by atoms with Gasteiger partial charge in [0.25, 0.3) is 0 Å². The molecule has 0 saturated heterocycles. The van der Waals surface area contributed by atoms with E-state index in [9.17, 15) is 30.0 Å². The van der Waals surface area contributed by atoms with Gasteiger partial charge in [-0.2, -0.15) is 0 Å². The summed E-state index contributed by atoms with van der Waals surface area (Å²) in [4.78, 5) is 10.9. The standard InChI is InChI=1S/C8H16NO2.F6P/c1-7(2)8(10)11-6-9(3,4)5;1-7(2,3,4,5)6/h1,6H2,2-5H3;/q+1;-1. The first-order valence-electron chi connectivity index (χ1n) is 4.47. The van der Waals surface area contributed by atoms with E-state index in [1.165, 1.54) is 0 Å². The first-order valence-corrected chi connectivity index (χ1v) is 6.50. The number of rotatable bonds is 3. The zero-order valence-electron chi connectivity index (χ0n) is 10.4. The first kappa shape index (κ1) is 19.5. The van der Waals surface area contributed by atoms with Crippen molar-refractivity contribution in [2.75, 3.05) is 27.9 Å². The average molecular weight is 303 g/mol. The fourth-order valence-electron chi connectivity index (χ4n) is 0.375. The Kier molecular flexibility index (Phi) is 5.09. The fraction of sp³-hybridized carbons (Fsp3) is 0.625. The number of ether oxygens (including phenoxy) is 1. The molecule has 0 radical (unpaired) electrons. The molecule has 0 unspecified atom stereocenters. The summed E-state index contributed by atoms with van der Waals surface area (Å²) in [6, 6.07) is 0. The molecule has 0 heterocycles. The Morgan fingerprint density at radius 3 is 1.56 bits per heavy atom. The van der Waals surface area contributed by atoms with Crippen molar-refractivity contribution < 1.29 is 39.2 Å². The summed E-state index contributed by atoms with van der Waals surface area (Å²) in [7, 11) is -4.81. The number of hydrogen-bond donors (Lipinski definition) is 0. The predicted octanol–water partition coefficient (Wildman–Crippen LogP) is 4.15. The predicted molar refractivity (Wildman–Crippen MR) is 57.4 cm³/mol. The van der Waals surface area contributed by atoms with Gasteiger partial charge in [-0.3, -0.25) is 4.48 Å². The molecule has 0 amide bonds. The van der Waals surface area contributed by atoms with Crippen molar-refractivity contribution in [3.63, 3.8) is 0 Å². The normalized spacial score (nSPS) is 15.7. The zero-order valence-corrected chi connectivity index (χ0v) is 11.3. The van der Waals surface area contributed by atoms with Crippen LogP contribution < -0.4 is 0 Å². The molecule has 0 aliphatic heterocycles. The van der Waals surface area contributed by atoms with Crippen LogP contribution in [0.4, 0.5) is 25.2 Å². The topological polar surface area (TPSA) is 26.3 Å². The minimum atomic E-state index is -10.7. The van der Waals surface area contributed by atoms with E-state index >= 15 is 0 Å². The van der Waals surface area contributed by atoms with Crippen LogP contribution >= 0.6 is 7.81 Å². The molecule has 0 atom stereocenters. The SMILES string of the molecule is C=C(C)C(=O)OC[N+](C)(C)C.F[P-](F)(F)(F)(F)F. The van der Waals surface area contributed by atoms with Crippen molar-refractivity contribution in [3.8, 4) is 0 Å². The summed E-state index contributed by atoms with van der Waals surface area (Å²) in [5, 5.41) is 0. The molecule has 0 aromatic carbocycles. The van der Waals surface area contributed by atoms with Crippen LogP contribution in [0.5, 0.6) is 0 Å². The monoisotopic (exact) mass is 303 g/mol. The molecular weight excluding hydrogens is 287 g/mol. The van der Waals surface area contributed by atoms with Gasteiger partial charge in [0.15, 0.2) is 0 Å². The number of halogens is 6. The van der Waals surface area contributed by atoms with Gasteiger partial charge in [0.1, 0.15) is 0 Å². The molecule has 0 bridgehead atoms. The molecule has 0 aliphatic rings. The van der Waals surface area contributed by atoms with Crippen molar-refractivity contribution in [2.24, 2.45) is 0 Å². The van der Waals surface area contributed by atoms with E-state index in [0.717, 1.165) is 0 Å². The van der Waals surface area contributed by atoms with Gasteiger partial charge in [-0.05, 0) is 6.92 Å². The second-order valence-corrected chi connectivity index (χ2v) is 6.51. The van der Waals surface area contributed by atoms with Crippen LogP contribution in [0.25, 0.3) is 0 Å². The van der Waals surface area contributed by atoms with Crippen molar-refractivity contribution in [3.05, 3.63) is 12.2 Å². The molecular formula is C8H16F6NO2P. The van der Waals surface area contributed by atoms with Gasteiger partial charge in [0.2, 0.25) is 6.73 Å². The number of carbonyl (C=O) groups is 1. The molecule has 0 fully saturated rings. The maximum absolute atomic E-state index is 10.9. The van der Waals surface area contributed by atoms with E-state index in [-0.39, 0.29) is 5.97 Å². The van der Waals surface area contributed by atoms with Crippen molar-refractivity contribution in [2.45, 2.75) is 6.92 Å². The molecule has 0 saturated carbocycles. The summed E-state index contributed by atoms with van der Waals surface area (Å²) in [5.41, 5.74) is 0.443. The number of esters is 1. The number of carbonyl (C=O) groups excluding carboxylic acids is 1. The second-order valence-electron chi connectivity index (χ2n) is 4.59. The Morgan fingerprint density at radius 1 is 1.11 bits per heavy atom. The first-order chi connectivity index (χ1) is 7.28. The molecule has 0 aromatic heterocycles. The van der Waals surface area contributed by atoms with E-state index in [2.05, 4.69) is 6.58 Å².